The Labute approximate surface area is 111 Å². The molecule has 98 valence electrons. The smallest absolute Gasteiger partial charge is 0.338 e. The van der Waals surface area contributed by atoms with Crippen LogP contribution in [0.15, 0.2) is 36.7 Å². The number of hydrogen-bond acceptors (Lipinski definition) is 4. The van der Waals surface area contributed by atoms with Crippen LogP contribution in [-0.4, -0.2) is 21.0 Å². The van der Waals surface area contributed by atoms with E-state index in [9.17, 15) is 4.79 Å². The van der Waals surface area contributed by atoms with Crippen molar-refractivity contribution in [1.82, 2.24) is 9.97 Å². The molecule has 0 bridgehead atoms. The Hall–Kier alpha value is -2.43. The van der Waals surface area contributed by atoms with Crippen LogP contribution in [0.2, 0.25) is 0 Å². The van der Waals surface area contributed by atoms with Crippen LogP contribution in [0, 0.1) is 0 Å². The molecule has 0 fully saturated rings. The number of aromatic carboxylic acids is 1. The zero-order chi connectivity index (χ0) is 13.8. The van der Waals surface area contributed by atoms with Crippen molar-refractivity contribution >= 4 is 17.6 Å². The van der Waals surface area contributed by atoms with Gasteiger partial charge in [-0.3, -0.25) is 0 Å². The minimum atomic E-state index is -1.03. The lowest BCUT2D eigenvalue weighted by atomic mass is 10.0. The SMILES string of the molecule is CC(C)c1ccc(Nc2ncc(C(=O)O)cn2)cc1. The van der Waals surface area contributed by atoms with E-state index in [1.165, 1.54) is 18.0 Å². The Morgan fingerprint density at radius 3 is 2.21 bits per heavy atom. The minimum absolute atomic E-state index is 0.0701. The summed E-state index contributed by atoms with van der Waals surface area (Å²) in [5.41, 5.74) is 2.20. The molecule has 19 heavy (non-hydrogen) atoms. The third-order valence-corrected chi connectivity index (χ3v) is 2.73. The predicted molar refractivity (Wildman–Crippen MR) is 72.8 cm³/mol. The summed E-state index contributed by atoms with van der Waals surface area (Å²) in [4.78, 5) is 18.6. The maximum Gasteiger partial charge on any atom is 0.338 e. The first-order valence-electron chi connectivity index (χ1n) is 5.98. The molecule has 0 amide bonds. The van der Waals surface area contributed by atoms with Crippen LogP contribution in [0.4, 0.5) is 11.6 Å². The molecule has 2 aromatic rings. The van der Waals surface area contributed by atoms with Crippen molar-refractivity contribution in [3.05, 3.63) is 47.8 Å². The molecule has 0 aliphatic rings. The molecule has 2 rings (SSSR count). The highest BCUT2D eigenvalue weighted by molar-refractivity contribution is 5.86. The fourth-order valence-corrected chi connectivity index (χ4v) is 1.58. The van der Waals surface area contributed by atoms with Gasteiger partial charge in [0.1, 0.15) is 0 Å². The van der Waals surface area contributed by atoms with Gasteiger partial charge >= 0.3 is 5.97 Å². The van der Waals surface area contributed by atoms with E-state index in [0.717, 1.165) is 5.69 Å². The van der Waals surface area contributed by atoms with Crippen LogP contribution in [0.5, 0.6) is 0 Å². The topological polar surface area (TPSA) is 75.1 Å². The largest absolute Gasteiger partial charge is 0.478 e. The quantitative estimate of drug-likeness (QED) is 0.880. The maximum atomic E-state index is 10.7. The monoisotopic (exact) mass is 257 g/mol. The lowest BCUT2D eigenvalue weighted by Gasteiger charge is -2.08. The van der Waals surface area contributed by atoms with Crippen LogP contribution in [0.1, 0.15) is 35.7 Å². The van der Waals surface area contributed by atoms with Crippen molar-refractivity contribution in [3.8, 4) is 0 Å². The van der Waals surface area contributed by atoms with Gasteiger partial charge < -0.3 is 10.4 Å². The summed E-state index contributed by atoms with van der Waals surface area (Å²) >= 11 is 0. The molecule has 0 saturated carbocycles. The van der Waals surface area contributed by atoms with Crippen molar-refractivity contribution in [3.63, 3.8) is 0 Å². The Morgan fingerprint density at radius 2 is 1.74 bits per heavy atom. The molecule has 0 saturated heterocycles. The van der Waals surface area contributed by atoms with Crippen molar-refractivity contribution < 1.29 is 9.90 Å². The lowest BCUT2D eigenvalue weighted by Crippen LogP contribution is -2.02. The summed E-state index contributed by atoms with van der Waals surface area (Å²) in [5, 5.41) is 11.8. The second-order valence-electron chi connectivity index (χ2n) is 4.50. The number of carbonyl (C=O) groups is 1. The average molecular weight is 257 g/mol. The van der Waals surface area contributed by atoms with Crippen LogP contribution in [-0.2, 0) is 0 Å². The van der Waals surface area contributed by atoms with E-state index in [1.807, 2.05) is 24.3 Å². The molecule has 2 N–H and O–H groups in total. The van der Waals surface area contributed by atoms with Gasteiger partial charge in [-0.15, -0.1) is 0 Å². The third-order valence-electron chi connectivity index (χ3n) is 2.73. The first-order valence-corrected chi connectivity index (χ1v) is 5.98. The summed E-state index contributed by atoms with van der Waals surface area (Å²) in [6, 6.07) is 7.98. The van der Waals surface area contributed by atoms with E-state index in [-0.39, 0.29) is 5.56 Å². The van der Waals surface area contributed by atoms with E-state index in [0.29, 0.717) is 11.9 Å². The van der Waals surface area contributed by atoms with E-state index in [2.05, 4.69) is 29.1 Å². The van der Waals surface area contributed by atoms with Gasteiger partial charge in [0, 0.05) is 18.1 Å². The highest BCUT2D eigenvalue weighted by Gasteiger charge is 2.04. The Kier molecular flexibility index (Phi) is 3.75. The molecular formula is C14H15N3O2. The van der Waals surface area contributed by atoms with Crippen LogP contribution in [0.25, 0.3) is 0 Å². The van der Waals surface area contributed by atoms with Gasteiger partial charge in [-0.05, 0) is 23.6 Å². The first kappa shape index (κ1) is 13.0. The number of carboxylic acid groups (broad SMARTS) is 1. The van der Waals surface area contributed by atoms with E-state index in [4.69, 9.17) is 5.11 Å². The number of nitrogens with zero attached hydrogens (tertiary/aromatic N) is 2. The summed E-state index contributed by atoms with van der Waals surface area (Å²) in [7, 11) is 0. The predicted octanol–water partition coefficient (Wildman–Crippen LogP) is 3.04. The second-order valence-corrected chi connectivity index (χ2v) is 4.50. The summed E-state index contributed by atoms with van der Waals surface area (Å²) < 4.78 is 0. The third kappa shape index (κ3) is 3.28. The zero-order valence-electron chi connectivity index (χ0n) is 10.8. The van der Waals surface area contributed by atoms with Gasteiger partial charge in [-0.25, -0.2) is 14.8 Å². The van der Waals surface area contributed by atoms with Crippen molar-refractivity contribution in [1.29, 1.82) is 0 Å². The molecule has 0 aliphatic carbocycles. The number of nitrogens with one attached hydrogen (secondary N) is 1. The molecule has 1 heterocycles. The van der Waals surface area contributed by atoms with Crippen LogP contribution >= 0.6 is 0 Å². The molecule has 1 aromatic heterocycles. The number of carboxylic acids is 1. The lowest BCUT2D eigenvalue weighted by molar-refractivity contribution is 0.0696. The number of anilines is 2. The molecular weight excluding hydrogens is 242 g/mol. The maximum absolute atomic E-state index is 10.7. The van der Waals surface area contributed by atoms with Crippen molar-refractivity contribution in [2.45, 2.75) is 19.8 Å². The normalized spacial score (nSPS) is 10.5. The minimum Gasteiger partial charge on any atom is -0.478 e. The first-order chi connectivity index (χ1) is 9.06. The van der Waals surface area contributed by atoms with Gasteiger partial charge in [0.2, 0.25) is 5.95 Å². The van der Waals surface area contributed by atoms with Crippen LogP contribution < -0.4 is 5.32 Å². The second kappa shape index (κ2) is 5.48. The summed E-state index contributed by atoms with van der Waals surface area (Å²) in [6.07, 6.45) is 2.56. The average Bonchev–Trinajstić information content (AvgIpc) is 2.40. The van der Waals surface area contributed by atoms with Gasteiger partial charge in [-0.2, -0.15) is 0 Å². The molecule has 5 heteroatoms. The van der Waals surface area contributed by atoms with Crippen molar-refractivity contribution in [2.75, 3.05) is 5.32 Å². The number of aromatic nitrogens is 2. The van der Waals surface area contributed by atoms with Crippen molar-refractivity contribution in [2.24, 2.45) is 0 Å². The number of benzene rings is 1. The van der Waals surface area contributed by atoms with Gasteiger partial charge in [0.15, 0.2) is 0 Å². The van der Waals surface area contributed by atoms with Gasteiger partial charge in [-0.1, -0.05) is 26.0 Å². The molecule has 0 aliphatic heterocycles. The van der Waals surface area contributed by atoms with Crippen LogP contribution in [0.3, 0.4) is 0 Å². The highest BCUT2D eigenvalue weighted by Crippen LogP contribution is 2.18. The van der Waals surface area contributed by atoms with Gasteiger partial charge in [0.05, 0.1) is 5.56 Å². The van der Waals surface area contributed by atoms with Gasteiger partial charge in [0.25, 0.3) is 0 Å². The summed E-state index contributed by atoms with van der Waals surface area (Å²) in [5.74, 6) is -0.171. The fourth-order valence-electron chi connectivity index (χ4n) is 1.58. The van der Waals surface area contributed by atoms with E-state index < -0.39 is 5.97 Å². The Balaban J connectivity index is 2.10. The van der Waals surface area contributed by atoms with E-state index >= 15 is 0 Å². The molecule has 0 spiro atoms. The number of hydrogen-bond donors (Lipinski definition) is 2. The zero-order valence-corrected chi connectivity index (χ0v) is 10.8. The highest BCUT2D eigenvalue weighted by atomic mass is 16.4. The van der Waals surface area contributed by atoms with E-state index in [1.54, 1.807) is 0 Å². The molecule has 0 unspecified atom stereocenters. The summed E-state index contributed by atoms with van der Waals surface area (Å²) in [6.45, 7) is 4.27. The Morgan fingerprint density at radius 1 is 1.16 bits per heavy atom. The molecule has 0 radical (unpaired) electrons. The number of rotatable bonds is 4. The molecule has 1 aromatic carbocycles. The molecule has 0 atom stereocenters. The molecule has 5 nitrogen and oxygen atoms in total. The standard InChI is InChI=1S/C14H15N3O2/c1-9(2)10-3-5-12(6-4-10)17-14-15-7-11(8-16-14)13(18)19/h3-9H,1-2H3,(H,18,19)(H,15,16,17). The fraction of sp³-hybridized carbons (Fsp3) is 0.214. The Bertz CT molecular complexity index is 562.